The fourth-order valence-electron chi connectivity index (χ4n) is 1.22. The van der Waals surface area contributed by atoms with E-state index < -0.39 is 0 Å². The minimum atomic E-state index is 0.112. The molecule has 0 aliphatic rings. The molecule has 0 spiro atoms. The Labute approximate surface area is 88.0 Å². The van der Waals surface area contributed by atoms with Gasteiger partial charge in [-0.1, -0.05) is 12.1 Å². The first kappa shape index (κ1) is 9.52. The molecule has 3 nitrogen and oxygen atoms in total. The third kappa shape index (κ3) is 2.26. The van der Waals surface area contributed by atoms with Gasteiger partial charge in [0, 0.05) is 12.3 Å². The number of aromatic nitrogens is 1. The molecule has 0 unspecified atom stereocenters. The third-order valence-electron chi connectivity index (χ3n) is 1.97. The first-order valence-electron chi connectivity index (χ1n) is 4.64. The predicted octanol–water partition coefficient (Wildman–Crippen LogP) is 2.89. The summed E-state index contributed by atoms with van der Waals surface area (Å²) in [5.41, 5.74) is 1.07. The second-order valence-corrected chi connectivity index (χ2v) is 3.24. The number of aryl methyl sites for hydroxylation is 1. The first-order valence-corrected chi connectivity index (χ1v) is 4.64. The topological polar surface area (TPSA) is 42.4 Å². The van der Waals surface area contributed by atoms with Gasteiger partial charge in [0.15, 0.2) is 11.5 Å². The molecule has 0 saturated heterocycles. The summed E-state index contributed by atoms with van der Waals surface area (Å²) >= 11 is 0. The normalized spacial score (nSPS) is 9.93. The van der Waals surface area contributed by atoms with Gasteiger partial charge in [0.1, 0.15) is 0 Å². The number of para-hydroxylation sites is 2. The maximum absolute atomic E-state index is 9.49. The smallest absolute Gasteiger partial charge is 0.219 e. The van der Waals surface area contributed by atoms with Gasteiger partial charge in [-0.15, -0.1) is 0 Å². The number of phenolic OH excluding ortho intramolecular Hbond substituents is 1. The summed E-state index contributed by atoms with van der Waals surface area (Å²) in [4.78, 5) is 4.04. The Morgan fingerprint density at radius 2 is 2.00 bits per heavy atom. The van der Waals surface area contributed by atoms with Crippen LogP contribution in [0.4, 0.5) is 0 Å². The van der Waals surface area contributed by atoms with E-state index in [1.165, 1.54) is 0 Å². The number of rotatable bonds is 2. The maximum atomic E-state index is 9.49. The van der Waals surface area contributed by atoms with Crippen molar-refractivity contribution in [2.24, 2.45) is 0 Å². The van der Waals surface area contributed by atoms with Crippen molar-refractivity contribution in [1.29, 1.82) is 0 Å². The van der Waals surface area contributed by atoms with E-state index in [0.29, 0.717) is 11.6 Å². The molecule has 1 heterocycles. The Bertz CT molecular complexity index is 469. The van der Waals surface area contributed by atoms with E-state index in [2.05, 4.69) is 4.98 Å². The van der Waals surface area contributed by atoms with Gasteiger partial charge in [-0.25, -0.2) is 4.98 Å². The highest BCUT2D eigenvalue weighted by Gasteiger charge is 2.02. The van der Waals surface area contributed by atoms with Crippen molar-refractivity contribution in [3.05, 3.63) is 48.2 Å². The lowest BCUT2D eigenvalue weighted by molar-refractivity contribution is 0.402. The van der Waals surface area contributed by atoms with Crippen LogP contribution in [0.3, 0.4) is 0 Å². The largest absolute Gasteiger partial charge is 0.504 e. The Kier molecular flexibility index (Phi) is 2.54. The number of benzene rings is 1. The van der Waals surface area contributed by atoms with Crippen LogP contribution in [0.15, 0.2) is 42.6 Å². The second kappa shape index (κ2) is 4.00. The zero-order chi connectivity index (χ0) is 10.7. The van der Waals surface area contributed by atoms with Crippen molar-refractivity contribution in [3.8, 4) is 17.4 Å². The fourth-order valence-corrected chi connectivity index (χ4v) is 1.22. The van der Waals surface area contributed by atoms with Gasteiger partial charge in [-0.3, -0.25) is 0 Å². The van der Waals surface area contributed by atoms with Crippen LogP contribution in [-0.4, -0.2) is 10.1 Å². The first-order chi connectivity index (χ1) is 7.25. The van der Waals surface area contributed by atoms with Crippen LogP contribution in [0.5, 0.6) is 17.4 Å². The minimum absolute atomic E-state index is 0.112. The molecule has 0 aliphatic carbocycles. The molecule has 76 valence electrons. The van der Waals surface area contributed by atoms with Gasteiger partial charge >= 0.3 is 0 Å². The van der Waals surface area contributed by atoms with Crippen molar-refractivity contribution >= 4 is 0 Å². The highest BCUT2D eigenvalue weighted by atomic mass is 16.5. The van der Waals surface area contributed by atoms with E-state index in [1.54, 1.807) is 30.5 Å². The van der Waals surface area contributed by atoms with Crippen molar-refractivity contribution < 1.29 is 9.84 Å². The number of phenols is 1. The lowest BCUT2D eigenvalue weighted by Crippen LogP contribution is -1.88. The molecule has 0 radical (unpaired) electrons. The summed E-state index contributed by atoms with van der Waals surface area (Å²) in [6.07, 6.45) is 1.67. The van der Waals surface area contributed by atoms with Gasteiger partial charge in [0.25, 0.3) is 0 Å². The van der Waals surface area contributed by atoms with Crippen molar-refractivity contribution in [1.82, 2.24) is 4.98 Å². The Hall–Kier alpha value is -2.03. The van der Waals surface area contributed by atoms with Gasteiger partial charge in [-0.05, 0) is 30.7 Å². The van der Waals surface area contributed by atoms with Crippen LogP contribution in [0.1, 0.15) is 5.56 Å². The Morgan fingerprint density at radius 3 is 2.73 bits per heavy atom. The van der Waals surface area contributed by atoms with E-state index >= 15 is 0 Å². The number of hydrogen-bond acceptors (Lipinski definition) is 3. The molecule has 0 amide bonds. The van der Waals surface area contributed by atoms with E-state index in [0.717, 1.165) is 5.56 Å². The number of nitrogens with zero attached hydrogens (tertiary/aromatic N) is 1. The summed E-state index contributed by atoms with van der Waals surface area (Å²) in [6.45, 7) is 1.96. The van der Waals surface area contributed by atoms with Gasteiger partial charge in [0.2, 0.25) is 5.88 Å². The third-order valence-corrected chi connectivity index (χ3v) is 1.97. The molecule has 2 aromatic rings. The Balaban J connectivity index is 2.26. The summed E-state index contributed by atoms with van der Waals surface area (Å²) in [6, 6.07) is 10.5. The standard InChI is InChI=1S/C12H11NO2/c1-9-6-7-13-12(8-9)15-11-5-3-2-4-10(11)14/h2-8,14H,1H3. The minimum Gasteiger partial charge on any atom is -0.504 e. The quantitative estimate of drug-likeness (QED) is 0.812. The number of pyridine rings is 1. The second-order valence-electron chi connectivity index (χ2n) is 3.24. The monoisotopic (exact) mass is 201 g/mol. The molecule has 2 rings (SSSR count). The number of hydrogen-bond donors (Lipinski definition) is 1. The van der Waals surface area contributed by atoms with Crippen molar-refractivity contribution in [2.45, 2.75) is 6.92 Å². The maximum Gasteiger partial charge on any atom is 0.219 e. The van der Waals surface area contributed by atoms with E-state index in [1.807, 2.05) is 19.1 Å². The zero-order valence-electron chi connectivity index (χ0n) is 8.34. The van der Waals surface area contributed by atoms with Crippen LogP contribution in [0.25, 0.3) is 0 Å². The molecule has 15 heavy (non-hydrogen) atoms. The molecule has 0 saturated carbocycles. The van der Waals surface area contributed by atoms with Crippen LogP contribution >= 0.6 is 0 Å². The van der Waals surface area contributed by atoms with Gasteiger partial charge < -0.3 is 9.84 Å². The van der Waals surface area contributed by atoms with Gasteiger partial charge in [0.05, 0.1) is 0 Å². The lowest BCUT2D eigenvalue weighted by Gasteiger charge is -2.06. The van der Waals surface area contributed by atoms with Crippen LogP contribution in [0, 0.1) is 6.92 Å². The molecule has 3 heteroatoms. The molecule has 0 bridgehead atoms. The van der Waals surface area contributed by atoms with E-state index in [4.69, 9.17) is 4.74 Å². The van der Waals surface area contributed by atoms with Crippen LogP contribution in [0.2, 0.25) is 0 Å². The zero-order valence-corrected chi connectivity index (χ0v) is 8.34. The molecular formula is C12H11NO2. The summed E-state index contributed by atoms with van der Waals surface area (Å²) in [5, 5.41) is 9.49. The predicted molar refractivity (Wildman–Crippen MR) is 57.2 cm³/mol. The number of ether oxygens (including phenoxy) is 1. The van der Waals surface area contributed by atoms with E-state index in [-0.39, 0.29) is 5.75 Å². The summed E-state index contributed by atoms with van der Waals surface area (Å²) in [7, 11) is 0. The van der Waals surface area contributed by atoms with Crippen molar-refractivity contribution in [2.75, 3.05) is 0 Å². The van der Waals surface area contributed by atoms with Gasteiger partial charge in [-0.2, -0.15) is 0 Å². The molecule has 1 N–H and O–H groups in total. The summed E-state index contributed by atoms with van der Waals surface area (Å²) in [5.74, 6) is 1.01. The number of aromatic hydroxyl groups is 1. The average molecular weight is 201 g/mol. The SMILES string of the molecule is Cc1ccnc(Oc2ccccc2O)c1. The molecule has 0 atom stereocenters. The molecular weight excluding hydrogens is 190 g/mol. The average Bonchev–Trinajstić information content (AvgIpc) is 2.22. The van der Waals surface area contributed by atoms with Crippen LogP contribution < -0.4 is 4.74 Å². The molecule has 1 aromatic heterocycles. The Morgan fingerprint density at radius 1 is 1.20 bits per heavy atom. The summed E-state index contributed by atoms with van der Waals surface area (Å²) < 4.78 is 5.43. The highest BCUT2D eigenvalue weighted by molar-refractivity contribution is 5.40. The highest BCUT2D eigenvalue weighted by Crippen LogP contribution is 2.28. The molecule has 1 aromatic carbocycles. The molecule has 0 aliphatic heterocycles. The lowest BCUT2D eigenvalue weighted by atomic mass is 10.3. The van der Waals surface area contributed by atoms with Crippen LogP contribution in [-0.2, 0) is 0 Å². The van der Waals surface area contributed by atoms with E-state index in [9.17, 15) is 5.11 Å². The molecule has 0 fully saturated rings. The fraction of sp³-hybridized carbons (Fsp3) is 0.0833. The van der Waals surface area contributed by atoms with Crippen molar-refractivity contribution in [3.63, 3.8) is 0 Å².